The summed E-state index contributed by atoms with van der Waals surface area (Å²) >= 11 is 0. The first-order valence-electron chi connectivity index (χ1n) is 12.3. The lowest BCUT2D eigenvalue weighted by Gasteiger charge is -2.29. The van der Waals surface area contributed by atoms with Crippen LogP contribution in [0.1, 0.15) is 30.4 Å². The first-order valence-corrected chi connectivity index (χ1v) is 12.3. The van der Waals surface area contributed by atoms with Crippen molar-refractivity contribution < 1.29 is 24.3 Å². The van der Waals surface area contributed by atoms with Gasteiger partial charge in [-0.15, -0.1) is 0 Å². The number of aliphatic hydroxyl groups is 1. The molecule has 4 atom stereocenters. The van der Waals surface area contributed by atoms with Crippen LogP contribution in [0.3, 0.4) is 0 Å². The second-order valence-electron chi connectivity index (χ2n) is 9.34. The fourth-order valence-corrected chi connectivity index (χ4v) is 4.87. The molecule has 2 heterocycles. The quantitative estimate of drug-likeness (QED) is 0.478. The lowest BCUT2D eigenvalue weighted by molar-refractivity contribution is -0.142. The van der Waals surface area contributed by atoms with E-state index in [1.807, 2.05) is 60.7 Å². The van der Waals surface area contributed by atoms with E-state index in [-0.39, 0.29) is 24.7 Å². The van der Waals surface area contributed by atoms with Crippen LogP contribution >= 0.6 is 0 Å². The summed E-state index contributed by atoms with van der Waals surface area (Å²) in [5.74, 6) is -1.79. The first-order chi connectivity index (χ1) is 17.4. The maximum Gasteiger partial charge on any atom is 0.248 e. The van der Waals surface area contributed by atoms with Gasteiger partial charge in [-0.05, 0) is 30.4 Å². The van der Waals surface area contributed by atoms with Crippen LogP contribution in [-0.2, 0) is 32.0 Å². The van der Waals surface area contributed by atoms with Crippen LogP contribution in [0.25, 0.3) is 0 Å². The Morgan fingerprint density at radius 3 is 2.06 bits per heavy atom. The van der Waals surface area contributed by atoms with Crippen LogP contribution < -0.4 is 16.0 Å². The SMILES string of the molecule is O=C1CC(Cc2ccccc2)NC(=O)C2CCCN2C(=O)C(CO)NC(=O)C(Cc2ccccc2)N1. The Kier molecular flexibility index (Phi) is 8.32. The van der Waals surface area contributed by atoms with E-state index in [1.54, 1.807) is 0 Å². The maximum atomic E-state index is 13.2. The molecule has 2 aliphatic heterocycles. The molecule has 4 unspecified atom stereocenters. The van der Waals surface area contributed by atoms with Crippen molar-refractivity contribution in [1.29, 1.82) is 0 Å². The van der Waals surface area contributed by atoms with E-state index in [0.717, 1.165) is 11.1 Å². The zero-order chi connectivity index (χ0) is 25.5. The smallest absolute Gasteiger partial charge is 0.248 e. The van der Waals surface area contributed by atoms with Gasteiger partial charge in [0.2, 0.25) is 23.6 Å². The van der Waals surface area contributed by atoms with Gasteiger partial charge >= 0.3 is 0 Å². The van der Waals surface area contributed by atoms with E-state index < -0.39 is 42.6 Å². The fraction of sp³-hybridized carbons (Fsp3) is 0.407. The maximum absolute atomic E-state index is 13.2. The van der Waals surface area contributed by atoms with Crippen LogP contribution in [0.2, 0.25) is 0 Å². The summed E-state index contributed by atoms with van der Waals surface area (Å²) in [6, 6.07) is 15.4. The van der Waals surface area contributed by atoms with Crippen LogP contribution in [0.15, 0.2) is 60.7 Å². The largest absolute Gasteiger partial charge is 0.394 e. The average Bonchev–Trinajstić information content (AvgIpc) is 3.37. The molecule has 9 nitrogen and oxygen atoms in total. The number of fused-ring (bicyclic) bond motifs is 1. The summed E-state index contributed by atoms with van der Waals surface area (Å²) in [6.45, 7) is -0.255. The van der Waals surface area contributed by atoms with Gasteiger partial charge < -0.3 is 26.0 Å². The number of nitrogens with zero attached hydrogens (tertiary/aromatic N) is 1. The predicted molar refractivity (Wildman–Crippen MR) is 133 cm³/mol. The van der Waals surface area contributed by atoms with Gasteiger partial charge in [-0.2, -0.15) is 0 Å². The van der Waals surface area contributed by atoms with Crippen molar-refractivity contribution in [1.82, 2.24) is 20.9 Å². The molecule has 190 valence electrons. The lowest BCUT2D eigenvalue weighted by atomic mass is 10.0. The van der Waals surface area contributed by atoms with Crippen molar-refractivity contribution in [2.75, 3.05) is 13.2 Å². The Morgan fingerprint density at radius 1 is 0.778 bits per heavy atom. The second-order valence-corrected chi connectivity index (χ2v) is 9.34. The van der Waals surface area contributed by atoms with Gasteiger partial charge in [-0.1, -0.05) is 60.7 Å². The summed E-state index contributed by atoms with van der Waals surface area (Å²) in [5.41, 5.74) is 1.79. The van der Waals surface area contributed by atoms with Crippen molar-refractivity contribution in [3.8, 4) is 0 Å². The van der Waals surface area contributed by atoms with Crippen molar-refractivity contribution in [2.24, 2.45) is 0 Å². The molecule has 4 rings (SSSR count). The molecule has 36 heavy (non-hydrogen) atoms. The fourth-order valence-electron chi connectivity index (χ4n) is 4.87. The third-order valence-electron chi connectivity index (χ3n) is 6.67. The summed E-state index contributed by atoms with van der Waals surface area (Å²) in [7, 11) is 0. The molecular weight excluding hydrogens is 460 g/mol. The molecule has 2 aromatic rings. The summed E-state index contributed by atoms with van der Waals surface area (Å²) < 4.78 is 0. The Bertz CT molecular complexity index is 1080. The number of nitrogens with one attached hydrogen (secondary N) is 3. The Balaban J connectivity index is 1.63. The molecule has 0 aromatic heterocycles. The molecule has 2 fully saturated rings. The summed E-state index contributed by atoms with van der Waals surface area (Å²) in [5, 5.41) is 18.3. The average molecular weight is 493 g/mol. The summed E-state index contributed by atoms with van der Waals surface area (Å²) in [6.07, 6.45) is 1.73. The van der Waals surface area contributed by atoms with Crippen LogP contribution in [0.5, 0.6) is 0 Å². The number of amides is 4. The standard InChI is InChI=1S/C27H32N4O5/c32-17-22-27(36)31-13-7-12-23(31)26(35)28-20(14-18-8-3-1-4-9-18)16-24(33)29-21(25(34)30-22)15-19-10-5-2-6-11-19/h1-6,8-11,20-23,32H,7,12-17H2,(H,28,35)(H,29,33)(H,30,34). The van der Waals surface area contributed by atoms with Crippen LogP contribution in [0.4, 0.5) is 0 Å². The molecule has 0 radical (unpaired) electrons. The highest BCUT2D eigenvalue weighted by atomic mass is 16.3. The number of hydrogen-bond acceptors (Lipinski definition) is 5. The highest BCUT2D eigenvalue weighted by molar-refractivity contribution is 5.95. The number of carbonyl (C=O) groups is 4. The molecule has 0 bridgehead atoms. The van der Waals surface area contributed by atoms with E-state index in [2.05, 4.69) is 16.0 Å². The van der Waals surface area contributed by atoms with Crippen molar-refractivity contribution in [3.63, 3.8) is 0 Å². The number of aliphatic hydroxyl groups excluding tert-OH is 1. The molecule has 0 saturated carbocycles. The predicted octanol–water partition coefficient (Wildman–Crippen LogP) is 0.313. The van der Waals surface area contributed by atoms with Crippen LogP contribution in [-0.4, -0.2) is 71.0 Å². The highest BCUT2D eigenvalue weighted by Gasteiger charge is 2.39. The van der Waals surface area contributed by atoms with Gasteiger partial charge in [0.05, 0.1) is 6.61 Å². The second kappa shape index (κ2) is 11.8. The topological polar surface area (TPSA) is 128 Å². The Labute approximate surface area is 210 Å². The Morgan fingerprint density at radius 2 is 1.42 bits per heavy atom. The zero-order valence-electron chi connectivity index (χ0n) is 20.1. The van der Waals surface area contributed by atoms with E-state index in [1.165, 1.54) is 4.90 Å². The van der Waals surface area contributed by atoms with Gasteiger partial charge in [-0.25, -0.2) is 0 Å². The number of benzene rings is 2. The highest BCUT2D eigenvalue weighted by Crippen LogP contribution is 2.20. The molecule has 2 saturated heterocycles. The zero-order valence-corrected chi connectivity index (χ0v) is 20.1. The Hall–Kier alpha value is -3.72. The van der Waals surface area contributed by atoms with E-state index in [0.29, 0.717) is 25.8 Å². The molecule has 2 aromatic carbocycles. The van der Waals surface area contributed by atoms with E-state index in [4.69, 9.17) is 0 Å². The minimum Gasteiger partial charge on any atom is -0.394 e. The van der Waals surface area contributed by atoms with Gasteiger partial charge in [-0.3, -0.25) is 19.2 Å². The van der Waals surface area contributed by atoms with Gasteiger partial charge in [0.25, 0.3) is 0 Å². The lowest BCUT2D eigenvalue weighted by Crippen LogP contribution is -2.57. The molecule has 4 N–H and O–H groups in total. The van der Waals surface area contributed by atoms with E-state index >= 15 is 0 Å². The number of hydrogen-bond donors (Lipinski definition) is 4. The number of rotatable bonds is 5. The van der Waals surface area contributed by atoms with Crippen molar-refractivity contribution >= 4 is 23.6 Å². The molecular formula is C27H32N4O5. The monoisotopic (exact) mass is 492 g/mol. The normalized spacial score (nSPS) is 25.5. The molecule has 0 aliphatic carbocycles. The van der Waals surface area contributed by atoms with Gasteiger partial charge in [0.1, 0.15) is 18.1 Å². The van der Waals surface area contributed by atoms with Crippen molar-refractivity contribution in [2.45, 2.75) is 56.3 Å². The molecule has 9 heteroatoms. The van der Waals surface area contributed by atoms with Crippen molar-refractivity contribution in [3.05, 3.63) is 71.8 Å². The third kappa shape index (κ3) is 6.28. The minimum absolute atomic E-state index is 0.0245. The third-order valence-corrected chi connectivity index (χ3v) is 6.67. The van der Waals surface area contributed by atoms with Crippen LogP contribution in [0, 0.1) is 0 Å². The van der Waals surface area contributed by atoms with E-state index in [9.17, 15) is 24.3 Å². The van der Waals surface area contributed by atoms with Gasteiger partial charge in [0, 0.05) is 25.4 Å². The minimum atomic E-state index is -1.21. The first kappa shape index (κ1) is 25.4. The number of carbonyl (C=O) groups excluding carboxylic acids is 4. The molecule has 2 aliphatic rings. The molecule has 4 amide bonds. The van der Waals surface area contributed by atoms with Gasteiger partial charge in [0.15, 0.2) is 0 Å². The molecule has 0 spiro atoms. The summed E-state index contributed by atoms with van der Waals surface area (Å²) in [4.78, 5) is 54.2.